The first-order valence-corrected chi connectivity index (χ1v) is 10.7. The summed E-state index contributed by atoms with van der Waals surface area (Å²) in [6, 6.07) is 2.46. The zero-order valence-electron chi connectivity index (χ0n) is 18.7. The largest absolute Gasteiger partial charge is 0.508 e. The minimum atomic E-state index is -1.54. The third-order valence-electron chi connectivity index (χ3n) is 4.78. The Kier molecular flexibility index (Phi) is 12.0. The second-order valence-corrected chi connectivity index (χ2v) is 7.67. The summed E-state index contributed by atoms with van der Waals surface area (Å²) >= 11 is 0. The minimum Gasteiger partial charge on any atom is -0.508 e. The van der Waals surface area contributed by atoms with Crippen molar-refractivity contribution in [2.45, 2.75) is 50.2 Å². The molecular weight excluding hydrogens is 448 g/mol. The minimum absolute atomic E-state index is 0.0244. The first-order valence-electron chi connectivity index (χ1n) is 10.7. The highest BCUT2D eigenvalue weighted by atomic mass is 16.4. The van der Waals surface area contributed by atoms with Crippen LogP contribution in [-0.4, -0.2) is 71.0 Å². The predicted molar refractivity (Wildman–Crippen MR) is 121 cm³/mol. The van der Waals surface area contributed by atoms with E-state index in [2.05, 4.69) is 16.0 Å². The van der Waals surface area contributed by atoms with Crippen LogP contribution >= 0.6 is 0 Å². The average molecular weight is 481 g/mol. The topological polar surface area (TPSA) is 240 Å². The molecule has 3 unspecified atom stereocenters. The van der Waals surface area contributed by atoms with Gasteiger partial charge in [0.2, 0.25) is 23.6 Å². The number of carbonyl (C=O) groups excluding carboxylic acids is 4. The first kappa shape index (κ1) is 28.3. The van der Waals surface area contributed by atoms with E-state index in [4.69, 9.17) is 22.3 Å². The number of unbranched alkanes of at least 4 members (excludes halogenated alkanes) is 1. The van der Waals surface area contributed by atoms with E-state index in [0.29, 0.717) is 31.4 Å². The smallest absolute Gasteiger partial charge is 0.326 e. The molecule has 1 aromatic carbocycles. The number of hydrogen-bond donors (Lipinski definition) is 8. The van der Waals surface area contributed by atoms with Crippen LogP contribution in [-0.2, 0) is 30.4 Å². The van der Waals surface area contributed by atoms with Gasteiger partial charge in [0.1, 0.15) is 17.8 Å². The average Bonchev–Trinajstić information content (AvgIpc) is 2.77. The maximum absolute atomic E-state index is 12.7. The molecule has 0 heterocycles. The van der Waals surface area contributed by atoms with E-state index in [1.807, 2.05) is 0 Å². The lowest BCUT2D eigenvalue weighted by Crippen LogP contribution is -2.54. The van der Waals surface area contributed by atoms with Gasteiger partial charge in [0.25, 0.3) is 0 Å². The molecule has 0 aromatic heterocycles. The number of nitrogens with one attached hydrogen (secondary N) is 3. The number of nitrogens with two attached hydrogens (primary N) is 3. The van der Waals surface area contributed by atoms with Gasteiger partial charge in [-0.05, 0) is 37.1 Å². The van der Waals surface area contributed by atoms with Crippen LogP contribution in [0.1, 0.15) is 31.2 Å². The summed E-state index contributed by atoms with van der Waals surface area (Å²) in [4.78, 5) is 59.3. The van der Waals surface area contributed by atoms with Crippen molar-refractivity contribution in [1.82, 2.24) is 16.0 Å². The standard InChI is InChI=1S/C21H32N6O7/c22-8-2-1-3-14(23)19(31)27-15(9-12-4-6-13(28)7-5-12)20(32)25-11-18(30)26-16(21(33)34)10-17(24)29/h4-7,14-16,28H,1-3,8-11,22-23H2,(H2,24,29)(H,25,32)(H,26,30)(H,27,31)(H,33,34). The molecule has 0 saturated heterocycles. The van der Waals surface area contributed by atoms with Crippen molar-refractivity contribution < 1.29 is 34.2 Å². The molecule has 4 amide bonds. The highest BCUT2D eigenvalue weighted by molar-refractivity contribution is 5.93. The highest BCUT2D eigenvalue weighted by Gasteiger charge is 2.26. The Morgan fingerprint density at radius 3 is 2.15 bits per heavy atom. The monoisotopic (exact) mass is 480 g/mol. The van der Waals surface area contributed by atoms with Crippen molar-refractivity contribution in [2.75, 3.05) is 13.1 Å². The van der Waals surface area contributed by atoms with E-state index < -0.39 is 60.7 Å². The van der Waals surface area contributed by atoms with Crippen LogP contribution in [0.3, 0.4) is 0 Å². The Bertz CT molecular complexity index is 862. The van der Waals surface area contributed by atoms with Crippen molar-refractivity contribution >= 4 is 29.6 Å². The Morgan fingerprint density at radius 2 is 1.59 bits per heavy atom. The van der Waals surface area contributed by atoms with Crippen molar-refractivity contribution in [3.63, 3.8) is 0 Å². The molecule has 188 valence electrons. The molecule has 0 fully saturated rings. The Hall–Kier alpha value is -3.71. The number of aliphatic carboxylic acids is 1. The molecule has 0 saturated carbocycles. The van der Waals surface area contributed by atoms with Gasteiger partial charge in [0.15, 0.2) is 0 Å². The number of carboxylic acid groups (broad SMARTS) is 1. The zero-order chi connectivity index (χ0) is 25.7. The van der Waals surface area contributed by atoms with Crippen LogP contribution in [0.5, 0.6) is 5.75 Å². The lowest BCUT2D eigenvalue weighted by molar-refractivity contribution is -0.143. The number of carbonyl (C=O) groups is 5. The first-order chi connectivity index (χ1) is 16.0. The molecule has 1 aromatic rings. The summed E-state index contributed by atoms with van der Waals surface area (Å²) in [6.45, 7) is -0.143. The second-order valence-electron chi connectivity index (χ2n) is 7.67. The van der Waals surface area contributed by atoms with Gasteiger partial charge in [-0.2, -0.15) is 0 Å². The van der Waals surface area contributed by atoms with Gasteiger partial charge in [0.05, 0.1) is 19.0 Å². The lowest BCUT2D eigenvalue weighted by atomic mass is 10.0. The predicted octanol–water partition coefficient (Wildman–Crippen LogP) is -2.56. The van der Waals surface area contributed by atoms with Crippen molar-refractivity contribution in [3.8, 4) is 5.75 Å². The number of aromatic hydroxyl groups is 1. The number of rotatable bonds is 15. The second kappa shape index (κ2) is 14.4. The quantitative estimate of drug-likeness (QED) is 0.123. The summed E-state index contributed by atoms with van der Waals surface area (Å²) in [6.07, 6.45) is 1.12. The fourth-order valence-electron chi connectivity index (χ4n) is 2.93. The number of amides is 4. The Labute approximate surface area is 196 Å². The van der Waals surface area contributed by atoms with Gasteiger partial charge in [-0.3, -0.25) is 19.2 Å². The summed E-state index contributed by atoms with van der Waals surface area (Å²) < 4.78 is 0. The third kappa shape index (κ3) is 10.7. The molecule has 11 N–H and O–H groups in total. The van der Waals surface area contributed by atoms with E-state index in [9.17, 15) is 29.1 Å². The number of carboxylic acids is 1. The number of phenols is 1. The van der Waals surface area contributed by atoms with E-state index in [1.165, 1.54) is 12.1 Å². The van der Waals surface area contributed by atoms with E-state index >= 15 is 0 Å². The summed E-state index contributed by atoms with van der Waals surface area (Å²) in [5.41, 5.74) is 16.9. The van der Waals surface area contributed by atoms with Gasteiger partial charge in [-0.1, -0.05) is 18.6 Å². The van der Waals surface area contributed by atoms with E-state index in [-0.39, 0.29) is 12.2 Å². The molecule has 0 aliphatic heterocycles. The van der Waals surface area contributed by atoms with Gasteiger partial charge in [-0.15, -0.1) is 0 Å². The van der Waals surface area contributed by atoms with Crippen LogP contribution in [0.25, 0.3) is 0 Å². The highest BCUT2D eigenvalue weighted by Crippen LogP contribution is 2.12. The lowest BCUT2D eigenvalue weighted by Gasteiger charge is -2.21. The number of hydrogen-bond acceptors (Lipinski definition) is 8. The molecule has 13 nitrogen and oxygen atoms in total. The van der Waals surface area contributed by atoms with Crippen LogP contribution in [0.15, 0.2) is 24.3 Å². The van der Waals surface area contributed by atoms with Gasteiger partial charge >= 0.3 is 5.97 Å². The maximum atomic E-state index is 12.7. The van der Waals surface area contributed by atoms with Crippen LogP contribution in [0.2, 0.25) is 0 Å². The number of primary amides is 1. The Morgan fingerprint density at radius 1 is 0.941 bits per heavy atom. The van der Waals surface area contributed by atoms with Gasteiger partial charge in [-0.25, -0.2) is 4.79 Å². The fraction of sp³-hybridized carbons (Fsp3) is 0.476. The summed E-state index contributed by atoms with van der Waals surface area (Å²) in [5, 5.41) is 25.5. The van der Waals surface area contributed by atoms with E-state index in [1.54, 1.807) is 12.1 Å². The van der Waals surface area contributed by atoms with E-state index in [0.717, 1.165) is 0 Å². The van der Waals surface area contributed by atoms with Crippen LogP contribution in [0, 0.1) is 0 Å². The fourth-order valence-corrected chi connectivity index (χ4v) is 2.93. The molecule has 3 atom stereocenters. The molecule has 34 heavy (non-hydrogen) atoms. The molecule has 0 spiro atoms. The molecule has 1 rings (SSSR count). The molecular formula is C21H32N6O7. The number of benzene rings is 1. The molecule has 0 aliphatic rings. The Balaban J connectivity index is 2.81. The third-order valence-corrected chi connectivity index (χ3v) is 4.78. The maximum Gasteiger partial charge on any atom is 0.326 e. The molecule has 0 radical (unpaired) electrons. The van der Waals surface area contributed by atoms with Crippen LogP contribution < -0.4 is 33.2 Å². The SMILES string of the molecule is NCCCCC(N)C(=O)NC(Cc1ccc(O)cc1)C(=O)NCC(=O)NC(CC(N)=O)C(=O)O. The van der Waals surface area contributed by atoms with Gasteiger partial charge < -0.3 is 43.4 Å². The van der Waals surface area contributed by atoms with Gasteiger partial charge in [0, 0.05) is 6.42 Å². The molecule has 0 bridgehead atoms. The normalized spacial score (nSPS) is 13.2. The zero-order valence-corrected chi connectivity index (χ0v) is 18.7. The van der Waals surface area contributed by atoms with Crippen molar-refractivity contribution in [3.05, 3.63) is 29.8 Å². The summed E-state index contributed by atoms with van der Waals surface area (Å²) in [5.74, 6) is -4.50. The number of phenolic OH excluding ortho intramolecular Hbond substituents is 1. The molecule has 0 aliphatic carbocycles. The van der Waals surface area contributed by atoms with Crippen LogP contribution in [0.4, 0.5) is 0 Å². The van der Waals surface area contributed by atoms with Crippen molar-refractivity contribution in [2.24, 2.45) is 17.2 Å². The van der Waals surface area contributed by atoms with Crippen molar-refractivity contribution in [1.29, 1.82) is 0 Å². The summed E-state index contributed by atoms with van der Waals surface area (Å²) in [7, 11) is 0. The molecule has 13 heteroatoms.